The molecule has 0 aromatic carbocycles. The molecule has 0 spiro atoms. The Morgan fingerprint density at radius 1 is 0.577 bits per heavy atom. The molecule has 1 unspecified atom stereocenters. The zero-order valence-electron chi connectivity index (χ0n) is 32.8. The van der Waals surface area contributed by atoms with Crippen LogP contribution in [-0.4, -0.2) is 49.3 Å². The van der Waals surface area contributed by atoms with Crippen molar-refractivity contribution in [3.05, 3.63) is 60.8 Å². The molecule has 0 heterocycles. The van der Waals surface area contributed by atoms with E-state index in [1.165, 1.54) is 44.9 Å². The Morgan fingerprint density at radius 2 is 1.04 bits per heavy atom. The van der Waals surface area contributed by atoms with Crippen molar-refractivity contribution < 1.29 is 37.6 Å². The smallest absolute Gasteiger partial charge is 0.462 e. The van der Waals surface area contributed by atoms with Gasteiger partial charge in [0.25, 0.3) is 0 Å². The van der Waals surface area contributed by atoms with Gasteiger partial charge in [-0.3, -0.25) is 18.6 Å². The number of rotatable bonds is 37. The predicted octanol–water partition coefficient (Wildman–Crippen LogP) is 11.3. The van der Waals surface area contributed by atoms with Crippen molar-refractivity contribution >= 4 is 19.8 Å². The average molecular weight is 752 g/mol. The van der Waals surface area contributed by atoms with Crippen LogP contribution in [0.4, 0.5) is 0 Å². The van der Waals surface area contributed by atoms with E-state index in [-0.39, 0.29) is 32.6 Å². The van der Waals surface area contributed by atoms with Gasteiger partial charge in [-0.25, -0.2) is 4.57 Å². The van der Waals surface area contributed by atoms with E-state index in [0.717, 1.165) is 77.0 Å². The second kappa shape index (κ2) is 38.4. The summed E-state index contributed by atoms with van der Waals surface area (Å²) in [5.41, 5.74) is 5.33. The van der Waals surface area contributed by atoms with Gasteiger partial charge in [0.05, 0.1) is 13.2 Å². The highest BCUT2D eigenvalue weighted by atomic mass is 31.2. The molecule has 0 aliphatic rings. The van der Waals surface area contributed by atoms with Gasteiger partial charge in [0.1, 0.15) is 6.61 Å². The normalized spacial score (nSPS) is 14.0. The van der Waals surface area contributed by atoms with Crippen molar-refractivity contribution in [2.45, 2.75) is 168 Å². The summed E-state index contributed by atoms with van der Waals surface area (Å²) in [5, 5.41) is 0. The minimum absolute atomic E-state index is 0.0450. The minimum atomic E-state index is -4.38. The molecule has 2 atom stereocenters. The van der Waals surface area contributed by atoms with E-state index in [9.17, 15) is 19.0 Å². The highest BCUT2D eigenvalue weighted by molar-refractivity contribution is 7.47. The largest absolute Gasteiger partial charge is 0.472 e. The monoisotopic (exact) mass is 752 g/mol. The number of hydrogen-bond acceptors (Lipinski definition) is 8. The summed E-state index contributed by atoms with van der Waals surface area (Å²) in [6, 6.07) is 0. The van der Waals surface area contributed by atoms with Crippen LogP contribution in [0.1, 0.15) is 162 Å². The summed E-state index contributed by atoms with van der Waals surface area (Å²) in [5.74, 6) is -0.880. The molecule has 3 N–H and O–H groups in total. The quantitative estimate of drug-likeness (QED) is 0.0275. The summed E-state index contributed by atoms with van der Waals surface area (Å²) >= 11 is 0. The third-order valence-electron chi connectivity index (χ3n) is 8.11. The van der Waals surface area contributed by atoms with E-state index in [4.69, 9.17) is 24.3 Å². The molecule has 0 aliphatic carbocycles. The van der Waals surface area contributed by atoms with E-state index in [1.54, 1.807) is 0 Å². The van der Waals surface area contributed by atoms with Gasteiger partial charge in [0.15, 0.2) is 6.10 Å². The van der Waals surface area contributed by atoms with Crippen LogP contribution in [-0.2, 0) is 32.7 Å². The molecule has 0 saturated carbocycles. The molecular formula is C42H74NO8P. The van der Waals surface area contributed by atoms with Crippen LogP contribution in [0.2, 0.25) is 0 Å². The molecule has 0 bridgehead atoms. The average Bonchev–Trinajstić information content (AvgIpc) is 3.13. The van der Waals surface area contributed by atoms with E-state index >= 15 is 0 Å². The Morgan fingerprint density at radius 3 is 1.60 bits per heavy atom. The summed E-state index contributed by atoms with van der Waals surface area (Å²) in [6.45, 7) is 3.59. The van der Waals surface area contributed by atoms with Crippen LogP contribution in [0.15, 0.2) is 60.8 Å². The van der Waals surface area contributed by atoms with Crippen molar-refractivity contribution in [3.8, 4) is 0 Å². The van der Waals surface area contributed by atoms with Gasteiger partial charge in [0, 0.05) is 19.4 Å². The van der Waals surface area contributed by atoms with Gasteiger partial charge >= 0.3 is 19.8 Å². The number of carbonyl (C=O) groups excluding carboxylic acids is 2. The number of ether oxygens (including phenoxy) is 2. The first-order chi connectivity index (χ1) is 25.3. The Hall–Kier alpha value is -2.29. The number of phosphoric acid groups is 1. The number of nitrogens with two attached hydrogens (primary N) is 1. The maximum absolute atomic E-state index is 12.5. The zero-order valence-corrected chi connectivity index (χ0v) is 33.7. The lowest BCUT2D eigenvalue weighted by Gasteiger charge is -2.19. The summed E-state index contributed by atoms with van der Waals surface area (Å²) in [6.07, 6.45) is 43.9. The standard InChI is InChI=1S/C42H74NO8P/c1-3-5-7-9-11-13-15-17-19-20-21-23-24-26-28-30-32-34-41(44)48-38-40(39-50-52(46,47)49-37-36-43)51-42(45)35-33-31-29-27-25-22-18-16-14-12-10-8-6-4-2/h7,9,13,15-16,18-20,23-24,40H,3-6,8,10-12,14,17,21-22,25-39,43H2,1-2H3,(H,46,47)/b9-7+,15-13+,18-16+,20-19+,24-23+/t40-/m1/s1. The van der Waals surface area contributed by atoms with Crippen LogP contribution in [0.5, 0.6) is 0 Å². The van der Waals surface area contributed by atoms with E-state index in [1.807, 2.05) is 0 Å². The number of phosphoric ester groups is 1. The Labute approximate surface area is 317 Å². The van der Waals surface area contributed by atoms with Crippen molar-refractivity contribution in [2.75, 3.05) is 26.4 Å². The van der Waals surface area contributed by atoms with Crippen LogP contribution in [0.3, 0.4) is 0 Å². The van der Waals surface area contributed by atoms with Gasteiger partial charge < -0.3 is 20.1 Å². The molecule has 9 nitrogen and oxygen atoms in total. The second-order valence-electron chi connectivity index (χ2n) is 13.1. The van der Waals surface area contributed by atoms with Gasteiger partial charge in [-0.1, -0.05) is 132 Å². The lowest BCUT2D eigenvalue weighted by molar-refractivity contribution is -0.161. The fourth-order valence-corrected chi connectivity index (χ4v) is 5.85. The first kappa shape index (κ1) is 49.7. The van der Waals surface area contributed by atoms with Crippen molar-refractivity contribution in [1.29, 1.82) is 0 Å². The molecule has 52 heavy (non-hydrogen) atoms. The molecule has 0 saturated heterocycles. The lowest BCUT2D eigenvalue weighted by atomic mass is 10.1. The van der Waals surface area contributed by atoms with Crippen LogP contribution >= 0.6 is 7.82 Å². The molecule has 300 valence electrons. The van der Waals surface area contributed by atoms with Gasteiger partial charge in [0.2, 0.25) is 0 Å². The molecule has 0 rings (SSSR count). The molecule has 0 fully saturated rings. The predicted molar refractivity (Wildman–Crippen MR) is 215 cm³/mol. The number of carbonyl (C=O) groups is 2. The van der Waals surface area contributed by atoms with Crippen molar-refractivity contribution in [2.24, 2.45) is 5.73 Å². The van der Waals surface area contributed by atoms with E-state index in [2.05, 4.69) is 74.6 Å². The molecule has 0 amide bonds. The lowest BCUT2D eigenvalue weighted by Crippen LogP contribution is -2.29. The Bertz CT molecular complexity index is 1040. The number of allylic oxidation sites excluding steroid dienone is 10. The third-order valence-corrected chi connectivity index (χ3v) is 9.09. The fourth-order valence-electron chi connectivity index (χ4n) is 5.09. The third kappa shape index (κ3) is 37.5. The van der Waals surface area contributed by atoms with Crippen LogP contribution in [0, 0.1) is 0 Å². The fraction of sp³-hybridized carbons (Fsp3) is 0.714. The van der Waals surface area contributed by atoms with E-state index in [0.29, 0.717) is 12.8 Å². The zero-order chi connectivity index (χ0) is 38.2. The Balaban J connectivity index is 4.28. The van der Waals surface area contributed by atoms with Gasteiger partial charge in [-0.05, 0) is 77.0 Å². The van der Waals surface area contributed by atoms with Crippen LogP contribution < -0.4 is 5.73 Å². The first-order valence-electron chi connectivity index (χ1n) is 20.3. The maximum atomic E-state index is 12.5. The van der Waals surface area contributed by atoms with Gasteiger partial charge in [-0.2, -0.15) is 0 Å². The topological polar surface area (TPSA) is 134 Å². The first-order valence-corrected chi connectivity index (χ1v) is 21.8. The summed E-state index contributed by atoms with van der Waals surface area (Å²) in [7, 11) is -4.38. The van der Waals surface area contributed by atoms with Crippen molar-refractivity contribution in [1.82, 2.24) is 0 Å². The molecule has 0 aromatic heterocycles. The second-order valence-corrected chi connectivity index (χ2v) is 14.6. The number of hydrogen-bond donors (Lipinski definition) is 2. The van der Waals surface area contributed by atoms with Crippen molar-refractivity contribution in [3.63, 3.8) is 0 Å². The van der Waals surface area contributed by atoms with Crippen LogP contribution in [0.25, 0.3) is 0 Å². The number of unbranched alkanes of at least 4 members (excludes halogenated alkanes) is 14. The molecule has 0 radical (unpaired) electrons. The van der Waals surface area contributed by atoms with Gasteiger partial charge in [-0.15, -0.1) is 0 Å². The molecular weight excluding hydrogens is 677 g/mol. The van der Waals surface area contributed by atoms with E-state index < -0.39 is 32.5 Å². The maximum Gasteiger partial charge on any atom is 0.472 e. The number of esters is 2. The molecule has 0 aliphatic heterocycles. The summed E-state index contributed by atoms with van der Waals surface area (Å²) < 4.78 is 32.7. The highest BCUT2D eigenvalue weighted by Gasteiger charge is 2.25. The Kier molecular flexibility index (Phi) is 36.7. The minimum Gasteiger partial charge on any atom is -0.462 e. The highest BCUT2D eigenvalue weighted by Crippen LogP contribution is 2.43. The molecule has 10 heteroatoms. The summed E-state index contributed by atoms with van der Waals surface area (Å²) in [4.78, 5) is 34.8. The SMILES string of the molecule is CCC/C=C/C/C=C/C/C=C/C/C=C/CCCCCC(=O)OC[C@H](COP(=O)(O)OCCN)OC(=O)CCCCCCC/C=C/CCCCCCC. The molecule has 0 aromatic rings.